The fourth-order valence-electron chi connectivity index (χ4n) is 14.6. The highest BCUT2D eigenvalue weighted by Gasteiger charge is 2.62. The predicted octanol–water partition coefficient (Wildman–Crippen LogP) is 1.71. The molecule has 0 spiro atoms. The van der Waals surface area contributed by atoms with Gasteiger partial charge in [0.25, 0.3) is 0 Å². The second-order valence-electron chi connectivity index (χ2n) is 28.3. The van der Waals surface area contributed by atoms with E-state index in [1.165, 1.54) is 85.1 Å². The summed E-state index contributed by atoms with van der Waals surface area (Å²) >= 11 is 0. The lowest BCUT2D eigenvalue weighted by molar-refractivity contribution is -0.402. The summed E-state index contributed by atoms with van der Waals surface area (Å²) in [6, 6.07) is 0. The molecule has 35 atom stereocenters. The third-order valence-electron chi connectivity index (χ3n) is 19.8. The van der Waals surface area contributed by atoms with Crippen molar-refractivity contribution in [1.29, 1.82) is 0 Å². The Morgan fingerprint density at radius 2 is 0.277 bits per heavy atom. The topological polar surface area (TPSA) is 400 Å². The van der Waals surface area contributed by atoms with Gasteiger partial charge >= 0.3 is 0 Å². The van der Waals surface area contributed by atoms with E-state index in [4.69, 9.17) is 133 Å². The lowest BCUT2D eigenvalue weighted by atomic mass is 9.94. The normalized spacial score (nSPS) is 39.5. The quantitative estimate of drug-likeness (QED) is 0.0337. The Hall–Kier alpha value is -5.04. The summed E-state index contributed by atoms with van der Waals surface area (Å²) in [5, 5.41) is 91.5. The molecule has 35 nitrogen and oxygen atoms in total. The van der Waals surface area contributed by atoms with E-state index in [2.05, 4.69) is 92.1 Å². The van der Waals surface area contributed by atoms with E-state index in [0.717, 1.165) is 0 Å². The smallest absolute Gasteiger partial charge is 0.187 e. The first-order valence-electron chi connectivity index (χ1n) is 39.7. The molecular weight excluding hydrogens is 1570 g/mol. The average molecular weight is 1700 g/mol. The molecule has 21 heterocycles. The summed E-state index contributed by atoms with van der Waals surface area (Å²) in [7, 11) is 0. The monoisotopic (exact) mass is 1690 g/mol. The summed E-state index contributed by atoms with van der Waals surface area (Å²) in [5.74, 6) is 0. The van der Waals surface area contributed by atoms with Crippen LogP contribution in [-0.2, 0) is 133 Å². The first-order valence-corrected chi connectivity index (χ1v) is 39.7. The molecule has 14 bridgehead atoms. The van der Waals surface area contributed by atoms with Crippen LogP contribution in [0.15, 0.2) is 177 Å². The Morgan fingerprint density at radius 1 is 0.168 bits per heavy atom. The van der Waals surface area contributed by atoms with Crippen molar-refractivity contribution in [2.45, 2.75) is 215 Å². The van der Waals surface area contributed by atoms with Gasteiger partial charge in [-0.3, -0.25) is 0 Å². The van der Waals surface area contributed by atoms with Crippen LogP contribution in [0.3, 0.4) is 0 Å². The van der Waals surface area contributed by atoms with Gasteiger partial charge in [-0.05, 0) is 0 Å². The maximum absolute atomic E-state index is 13.1. The molecule has 0 amide bonds. The Kier molecular flexibility index (Phi) is 44.5. The van der Waals surface area contributed by atoms with E-state index in [9.17, 15) is 35.7 Å². The van der Waals surface area contributed by atoms with Gasteiger partial charge in [0.1, 0.15) is 171 Å². The molecule has 0 aliphatic carbocycles. The molecular formula is C84H126O35. The number of ether oxygens (including phenoxy) is 28. The number of hydrogen-bond acceptors (Lipinski definition) is 35. The summed E-state index contributed by atoms with van der Waals surface area (Å²) in [6.45, 7) is 49.2. The SMILES string of the molecule is C=CCOC[C@H]1O[C@@H]2O[C@H]3[C@H](O)[C@@H](OCC=C)[C@@H](O[C@H]4[C@H](O)[C@@H](OCC=C)[C@@H](O[C@H]5[C@H](O)[C@@H](OCC=C)[C@@H](O[C@H]6[C@H](O)[C@@H](OCC=C)[C@@H](O[C@H]7[C@H](O)[C@@H](OCC=C)[C@@H](O[C@H]8[C@H](O)[C@@H](OCC=C)[C@@H](O[C@H]1[C@H](O)[C@H]2OCC=C)O[C@@H]8COCC=C)O[C@@H]7COCC=C)O[C@@H]6COCC=C)O[C@@H]5COCC=C)O[C@@H]4COCC=C)O[C@@H]3COCC=C. The van der Waals surface area contributed by atoms with Crippen LogP contribution in [0.5, 0.6) is 0 Å². The van der Waals surface area contributed by atoms with Gasteiger partial charge in [-0.25, -0.2) is 0 Å². The van der Waals surface area contributed by atoms with Crippen LogP contribution in [0.4, 0.5) is 0 Å². The summed E-state index contributed by atoms with van der Waals surface area (Å²) in [5.41, 5.74) is 0. The van der Waals surface area contributed by atoms with E-state index < -0.39 is 215 Å². The van der Waals surface area contributed by atoms with Crippen molar-refractivity contribution < 1.29 is 168 Å². The Labute approximate surface area is 696 Å². The minimum absolute atomic E-state index is 0.0418. The standard InChI is InChI=1S/C84H126O35/c1-15-29-92-43-50-64-57(85)71(99-36-22-8)78(106-50)114-65-51(44-93-30-16-2)108-80(73(58(65)86)101-38-24-10)116-67-53(46-95-32-18-4)110-82(75(60(67)88)103-40-26-12)118-69-55(48-97-34-20-6)112-84(77(62(69)90)105-42-28-14)119-70-56(49-98-35-21-7)111-83(76(63(70)91)104-41-27-13)117-68-54(47-96-33-19-5)109-81(74(61(68)89)102-39-25-11)115-66-52(45-94-31-17-3)107-79(113-64)72(59(66)87)100-37-23-9/h15-28,50-91H,1-14,29-49H2/t50-,51-,52-,53-,54-,55-,56-,57+,58+,59+,60+,61+,62+,63+,64-,65-,66-,67-,68-,69-,70-,71-,72-,73-,74-,75-,76-,77-,78-,79-,80-,81-,82-,83-,84-/m1/s1. The molecule has 119 heavy (non-hydrogen) atoms. The lowest BCUT2D eigenvalue weighted by Gasteiger charge is -2.51. The summed E-state index contributed by atoms with van der Waals surface area (Å²) in [4.78, 5) is 0. The molecule has 21 saturated heterocycles. The molecule has 21 fully saturated rings. The van der Waals surface area contributed by atoms with Crippen LogP contribution in [-0.4, -0.2) is 389 Å². The van der Waals surface area contributed by atoms with E-state index in [1.54, 1.807) is 0 Å². The van der Waals surface area contributed by atoms with E-state index in [1.807, 2.05) is 0 Å². The molecule has 0 aromatic rings. The van der Waals surface area contributed by atoms with Crippen molar-refractivity contribution in [2.24, 2.45) is 0 Å². The van der Waals surface area contributed by atoms with Crippen molar-refractivity contribution >= 4 is 0 Å². The van der Waals surface area contributed by atoms with Gasteiger partial charge in [0.2, 0.25) is 0 Å². The van der Waals surface area contributed by atoms with Gasteiger partial charge in [-0.2, -0.15) is 0 Å². The van der Waals surface area contributed by atoms with E-state index in [0.29, 0.717) is 0 Å². The number of aliphatic hydroxyl groups is 7. The first kappa shape index (κ1) is 99.4. The van der Waals surface area contributed by atoms with Gasteiger partial charge in [-0.1, -0.05) is 85.1 Å². The highest BCUT2D eigenvalue weighted by molar-refractivity contribution is 5.05. The zero-order chi connectivity index (χ0) is 85.8. The van der Waals surface area contributed by atoms with Crippen molar-refractivity contribution in [3.8, 4) is 0 Å². The maximum atomic E-state index is 13.1. The minimum Gasteiger partial charge on any atom is -0.387 e. The molecule has 35 heteroatoms. The lowest BCUT2D eigenvalue weighted by Crippen LogP contribution is -2.69. The Bertz CT molecular complexity index is 2500. The Morgan fingerprint density at radius 3 is 0.378 bits per heavy atom. The van der Waals surface area contributed by atoms with Crippen molar-refractivity contribution in [2.75, 3.05) is 139 Å². The molecule has 21 aliphatic heterocycles. The minimum atomic E-state index is -1.80. The first-order chi connectivity index (χ1) is 57.9. The highest BCUT2D eigenvalue weighted by atomic mass is 16.8. The molecule has 21 rings (SSSR count). The zero-order valence-electron chi connectivity index (χ0n) is 67.6. The molecule has 21 aliphatic rings. The molecule has 0 radical (unpaired) electrons. The molecule has 0 aromatic heterocycles. The van der Waals surface area contributed by atoms with Crippen LogP contribution in [0, 0.1) is 0 Å². The maximum Gasteiger partial charge on any atom is 0.187 e. The predicted molar refractivity (Wildman–Crippen MR) is 423 cm³/mol. The Balaban J connectivity index is 1.33. The average Bonchev–Trinajstić information content (AvgIpc) is 0.800. The van der Waals surface area contributed by atoms with Gasteiger partial charge in [0, 0.05) is 0 Å². The van der Waals surface area contributed by atoms with Gasteiger partial charge in [0.15, 0.2) is 44.0 Å². The largest absolute Gasteiger partial charge is 0.387 e. The molecule has 672 valence electrons. The van der Waals surface area contributed by atoms with Crippen LogP contribution >= 0.6 is 0 Å². The van der Waals surface area contributed by atoms with Gasteiger partial charge < -0.3 is 168 Å². The van der Waals surface area contributed by atoms with Crippen LogP contribution in [0.25, 0.3) is 0 Å². The third-order valence-corrected chi connectivity index (χ3v) is 19.8. The molecule has 0 aromatic carbocycles. The summed E-state index contributed by atoms with van der Waals surface area (Å²) < 4.78 is 183. The summed E-state index contributed by atoms with van der Waals surface area (Å²) in [6.07, 6.45) is -35.5. The second kappa shape index (κ2) is 53.3. The van der Waals surface area contributed by atoms with Gasteiger partial charge in [-0.15, -0.1) is 92.1 Å². The molecule has 0 saturated carbocycles. The van der Waals surface area contributed by atoms with Crippen molar-refractivity contribution in [3.05, 3.63) is 177 Å². The van der Waals surface area contributed by atoms with E-state index in [-0.39, 0.29) is 139 Å². The number of hydrogen-bond donors (Lipinski definition) is 7. The molecule has 7 N–H and O–H groups in total. The van der Waals surface area contributed by atoms with Crippen LogP contribution in [0.2, 0.25) is 0 Å². The fourth-order valence-corrected chi connectivity index (χ4v) is 14.6. The van der Waals surface area contributed by atoms with Gasteiger partial charge in [0.05, 0.1) is 139 Å². The number of rotatable bonds is 49. The highest BCUT2D eigenvalue weighted by Crippen LogP contribution is 2.42. The van der Waals surface area contributed by atoms with E-state index >= 15 is 0 Å². The molecule has 0 unspecified atom stereocenters. The van der Waals surface area contributed by atoms with Crippen LogP contribution < -0.4 is 0 Å². The van der Waals surface area contributed by atoms with Crippen molar-refractivity contribution in [3.63, 3.8) is 0 Å². The van der Waals surface area contributed by atoms with Crippen molar-refractivity contribution in [1.82, 2.24) is 0 Å². The number of aliphatic hydroxyl groups excluding tert-OH is 7. The second-order valence-corrected chi connectivity index (χ2v) is 28.3. The van der Waals surface area contributed by atoms with Crippen LogP contribution in [0.1, 0.15) is 0 Å². The fraction of sp³-hybridized carbons (Fsp3) is 0.667. The zero-order valence-corrected chi connectivity index (χ0v) is 67.6. The third kappa shape index (κ3) is 27.2.